The lowest BCUT2D eigenvalue weighted by atomic mass is 9.79. The van der Waals surface area contributed by atoms with E-state index in [9.17, 15) is 0 Å². The van der Waals surface area contributed by atoms with Crippen LogP contribution in [0.4, 0.5) is 0 Å². The van der Waals surface area contributed by atoms with Crippen LogP contribution in [-0.4, -0.2) is 0 Å². The van der Waals surface area contributed by atoms with Crippen LogP contribution in [0, 0.1) is 5.92 Å². The largest absolute Gasteiger partial charge is 0.468 e. The van der Waals surface area contributed by atoms with Gasteiger partial charge in [0.15, 0.2) is 0 Å². The van der Waals surface area contributed by atoms with Crippen molar-refractivity contribution in [3.63, 3.8) is 0 Å². The van der Waals surface area contributed by atoms with Gasteiger partial charge in [0.05, 0.1) is 12.3 Å². The monoisotopic (exact) mass is 151 g/mol. The van der Waals surface area contributed by atoms with Gasteiger partial charge < -0.3 is 10.2 Å². The second kappa shape index (κ2) is 2.70. The van der Waals surface area contributed by atoms with Gasteiger partial charge >= 0.3 is 0 Å². The molecule has 60 valence electrons. The van der Waals surface area contributed by atoms with E-state index in [4.69, 9.17) is 10.2 Å². The Kier molecular flexibility index (Phi) is 1.70. The van der Waals surface area contributed by atoms with Gasteiger partial charge in [-0.25, -0.2) is 0 Å². The molecule has 2 nitrogen and oxygen atoms in total. The SMILES string of the molecule is NC(c1ccco1)C1CCC1. The minimum absolute atomic E-state index is 0.138. The van der Waals surface area contributed by atoms with E-state index in [2.05, 4.69) is 0 Å². The van der Waals surface area contributed by atoms with E-state index in [0.717, 1.165) is 5.76 Å². The lowest BCUT2D eigenvalue weighted by molar-refractivity contribution is 0.241. The number of hydrogen-bond acceptors (Lipinski definition) is 2. The highest BCUT2D eigenvalue weighted by atomic mass is 16.3. The molecule has 1 unspecified atom stereocenters. The Labute approximate surface area is 66.4 Å². The van der Waals surface area contributed by atoms with Crippen LogP contribution in [0.2, 0.25) is 0 Å². The van der Waals surface area contributed by atoms with Gasteiger partial charge in [-0.3, -0.25) is 0 Å². The lowest BCUT2D eigenvalue weighted by Crippen LogP contribution is -2.26. The maximum Gasteiger partial charge on any atom is 0.120 e. The summed E-state index contributed by atoms with van der Waals surface area (Å²) >= 11 is 0. The molecule has 2 rings (SSSR count). The summed E-state index contributed by atoms with van der Waals surface area (Å²) in [7, 11) is 0. The smallest absolute Gasteiger partial charge is 0.120 e. The molecular weight excluding hydrogens is 138 g/mol. The van der Waals surface area contributed by atoms with Gasteiger partial charge in [0.1, 0.15) is 5.76 Å². The average molecular weight is 151 g/mol. The van der Waals surface area contributed by atoms with Crippen molar-refractivity contribution >= 4 is 0 Å². The molecule has 0 radical (unpaired) electrons. The van der Waals surface area contributed by atoms with Gasteiger partial charge in [0.2, 0.25) is 0 Å². The molecule has 1 aromatic rings. The molecule has 0 amide bonds. The number of hydrogen-bond donors (Lipinski definition) is 1. The molecule has 2 N–H and O–H groups in total. The van der Waals surface area contributed by atoms with Crippen LogP contribution >= 0.6 is 0 Å². The molecule has 1 heterocycles. The normalized spacial score (nSPS) is 21.2. The van der Waals surface area contributed by atoms with Crippen LogP contribution in [0.3, 0.4) is 0 Å². The minimum atomic E-state index is 0.138. The predicted octanol–water partition coefficient (Wildman–Crippen LogP) is 2.08. The molecule has 1 aliphatic carbocycles. The first-order valence-electron chi connectivity index (χ1n) is 4.17. The number of furan rings is 1. The number of nitrogens with two attached hydrogens (primary N) is 1. The maximum absolute atomic E-state index is 5.95. The zero-order valence-electron chi connectivity index (χ0n) is 6.49. The van der Waals surface area contributed by atoms with Gasteiger partial charge in [0, 0.05) is 0 Å². The van der Waals surface area contributed by atoms with E-state index in [1.165, 1.54) is 19.3 Å². The summed E-state index contributed by atoms with van der Waals surface area (Å²) in [5.41, 5.74) is 5.95. The molecule has 0 spiro atoms. The summed E-state index contributed by atoms with van der Waals surface area (Å²) in [5.74, 6) is 1.61. The van der Waals surface area contributed by atoms with Crippen molar-refractivity contribution in [1.29, 1.82) is 0 Å². The van der Waals surface area contributed by atoms with E-state index >= 15 is 0 Å². The summed E-state index contributed by atoms with van der Waals surface area (Å²) < 4.78 is 5.23. The van der Waals surface area contributed by atoms with Gasteiger partial charge in [0.25, 0.3) is 0 Å². The van der Waals surface area contributed by atoms with E-state index in [0.29, 0.717) is 5.92 Å². The molecular formula is C9H13NO. The van der Waals surface area contributed by atoms with Crippen molar-refractivity contribution in [1.82, 2.24) is 0 Å². The van der Waals surface area contributed by atoms with Crippen LogP contribution in [0.1, 0.15) is 31.1 Å². The van der Waals surface area contributed by atoms with Crippen molar-refractivity contribution in [2.75, 3.05) is 0 Å². The highest BCUT2D eigenvalue weighted by Gasteiger charge is 2.26. The van der Waals surface area contributed by atoms with Gasteiger partial charge in [-0.2, -0.15) is 0 Å². The third-order valence-corrected chi connectivity index (χ3v) is 2.53. The standard InChI is InChI=1S/C9H13NO/c10-9(7-3-1-4-7)8-5-2-6-11-8/h2,5-7,9H,1,3-4,10H2. The summed E-state index contributed by atoms with van der Waals surface area (Å²) in [6.07, 6.45) is 5.55. The fourth-order valence-electron chi connectivity index (χ4n) is 1.51. The fraction of sp³-hybridized carbons (Fsp3) is 0.556. The average Bonchev–Trinajstić information content (AvgIpc) is 2.32. The Morgan fingerprint density at radius 3 is 2.82 bits per heavy atom. The molecule has 0 aliphatic heterocycles. The second-order valence-electron chi connectivity index (χ2n) is 3.23. The highest BCUT2D eigenvalue weighted by molar-refractivity contribution is 5.06. The van der Waals surface area contributed by atoms with E-state index in [-0.39, 0.29) is 6.04 Å². The van der Waals surface area contributed by atoms with Crippen molar-refractivity contribution in [2.45, 2.75) is 25.3 Å². The molecule has 2 heteroatoms. The van der Waals surface area contributed by atoms with E-state index in [1.54, 1.807) is 6.26 Å². The molecule has 0 bridgehead atoms. The summed E-state index contributed by atoms with van der Waals surface area (Å²) in [4.78, 5) is 0. The van der Waals surface area contributed by atoms with Crippen LogP contribution in [0.15, 0.2) is 22.8 Å². The molecule has 1 fully saturated rings. The first kappa shape index (κ1) is 6.92. The Hall–Kier alpha value is -0.760. The summed E-state index contributed by atoms with van der Waals surface area (Å²) in [6, 6.07) is 4.00. The van der Waals surface area contributed by atoms with Gasteiger partial charge in [-0.1, -0.05) is 6.42 Å². The zero-order valence-corrected chi connectivity index (χ0v) is 6.49. The lowest BCUT2D eigenvalue weighted by Gasteiger charge is -2.29. The summed E-state index contributed by atoms with van der Waals surface area (Å²) in [6.45, 7) is 0. The summed E-state index contributed by atoms with van der Waals surface area (Å²) in [5, 5.41) is 0. The van der Waals surface area contributed by atoms with Crippen LogP contribution in [0.5, 0.6) is 0 Å². The Morgan fingerprint density at radius 2 is 2.36 bits per heavy atom. The first-order valence-corrected chi connectivity index (χ1v) is 4.17. The Morgan fingerprint density at radius 1 is 1.55 bits per heavy atom. The predicted molar refractivity (Wildman–Crippen MR) is 43.0 cm³/mol. The van der Waals surface area contributed by atoms with Crippen molar-refractivity contribution in [2.24, 2.45) is 11.7 Å². The van der Waals surface area contributed by atoms with Crippen molar-refractivity contribution in [3.05, 3.63) is 24.2 Å². The molecule has 1 atom stereocenters. The Balaban J connectivity index is 2.04. The van der Waals surface area contributed by atoms with Crippen LogP contribution < -0.4 is 5.73 Å². The van der Waals surface area contributed by atoms with Crippen molar-refractivity contribution in [3.8, 4) is 0 Å². The minimum Gasteiger partial charge on any atom is -0.468 e. The van der Waals surface area contributed by atoms with Crippen molar-refractivity contribution < 1.29 is 4.42 Å². The van der Waals surface area contributed by atoms with Crippen LogP contribution in [0.25, 0.3) is 0 Å². The highest BCUT2D eigenvalue weighted by Crippen LogP contribution is 2.35. The maximum atomic E-state index is 5.95. The topological polar surface area (TPSA) is 39.2 Å². The molecule has 0 aromatic carbocycles. The van der Waals surface area contributed by atoms with Crippen LogP contribution in [-0.2, 0) is 0 Å². The van der Waals surface area contributed by atoms with Gasteiger partial charge in [-0.15, -0.1) is 0 Å². The molecule has 0 saturated heterocycles. The van der Waals surface area contributed by atoms with E-state index < -0.39 is 0 Å². The second-order valence-corrected chi connectivity index (χ2v) is 3.23. The fourth-order valence-corrected chi connectivity index (χ4v) is 1.51. The zero-order chi connectivity index (χ0) is 7.68. The molecule has 1 saturated carbocycles. The first-order chi connectivity index (χ1) is 5.38. The van der Waals surface area contributed by atoms with E-state index in [1.807, 2.05) is 12.1 Å². The molecule has 11 heavy (non-hydrogen) atoms. The number of rotatable bonds is 2. The molecule has 1 aliphatic rings. The Bertz CT molecular complexity index is 213. The van der Waals surface area contributed by atoms with Gasteiger partial charge in [-0.05, 0) is 30.9 Å². The third kappa shape index (κ3) is 1.18. The quantitative estimate of drug-likeness (QED) is 0.702. The molecule has 1 aromatic heterocycles. The third-order valence-electron chi connectivity index (χ3n) is 2.53.